The molecule has 1 aromatic carbocycles. The van der Waals surface area contributed by atoms with Crippen molar-refractivity contribution in [2.45, 2.75) is 6.92 Å². The minimum absolute atomic E-state index is 0.0259. The quantitative estimate of drug-likeness (QED) is 0.838. The van der Waals surface area contributed by atoms with Gasteiger partial charge in [0.2, 0.25) is 0 Å². The average molecular weight is 238 g/mol. The zero-order chi connectivity index (χ0) is 12.4. The first-order chi connectivity index (χ1) is 8.09. The molecule has 92 valence electrons. The predicted octanol–water partition coefficient (Wildman–Crippen LogP) is 1.07. The smallest absolute Gasteiger partial charge is 0.251 e. The molecular weight excluding hydrogens is 223 g/mol. The van der Waals surface area contributed by atoms with Crippen molar-refractivity contribution in [3.63, 3.8) is 0 Å². The summed E-state index contributed by atoms with van der Waals surface area (Å²) in [6.45, 7) is 4.42. The summed E-state index contributed by atoms with van der Waals surface area (Å²) in [5.74, 6) is -1.28. The van der Waals surface area contributed by atoms with E-state index in [0.29, 0.717) is 18.8 Å². The molecule has 1 amide bonds. The summed E-state index contributed by atoms with van der Waals surface area (Å²) in [5.41, 5.74) is 6.45. The van der Waals surface area contributed by atoms with E-state index >= 15 is 0 Å². The molecule has 0 atom stereocenters. The fourth-order valence-electron chi connectivity index (χ4n) is 2.04. The minimum Gasteiger partial charge on any atom is -0.378 e. The molecule has 4 nitrogen and oxygen atoms in total. The van der Waals surface area contributed by atoms with E-state index in [0.717, 1.165) is 18.8 Å². The second kappa shape index (κ2) is 4.71. The Bertz CT molecular complexity index is 419. The van der Waals surface area contributed by atoms with E-state index in [9.17, 15) is 9.18 Å². The minimum atomic E-state index is -0.728. The van der Waals surface area contributed by atoms with E-state index in [2.05, 4.69) is 0 Å². The first-order valence-corrected chi connectivity index (χ1v) is 5.52. The third kappa shape index (κ3) is 2.39. The number of benzene rings is 1. The number of nitrogens with two attached hydrogens (primary N) is 1. The van der Waals surface area contributed by atoms with Crippen LogP contribution in [0.3, 0.4) is 0 Å². The van der Waals surface area contributed by atoms with Crippen molar-refractivity contribution in [1.82, 2.24) is 0 Å². The van der Waals surface area contributed by atoms with Gasteiger partial charge in [-0.1, -0.05) is 0 Å². The van der Waals surface area contributed by atoms with Gasteiger partial charge in [-0.25, -0.2) is 4.39 Å². The van der Waals surface area contributed by atoms with Crippen molar-refractivity contribution in [3.05, 3.63) is 29.1 Å². The van der Waals surface area contributed by atoms with Crippen LogP contribution < -0.4 is 10.6 Å². The summed E-state index contributed by atoms with van der Waals surface area (Å²) >= 11 is 0. The predicted molar refractivity (Wildman–Crippen MR) is 62.7 cm³/mol. The van der Waals surface area contributed by atoms with Gasteiger partial charge in [0.15, 0.2) is 0 Å². The number of hydrogen-bond acceptors (Lipinski definition) is 3. The third-order valence-electron chi connectivity index (χ3n) is 2.89. The van der Waals surface area contributed by atoms with Gasteiger partial charge in [-0.3, -0.25) is 4.79 Å². The highest BCUT2D eigenvalue weighted by Crippen LogP contribution is 2.23. The summed E-state index contributed by atoms with van der Waals surface area (Å²) in [4.78, 5) is 13.1. The Morgan fingerprint density at radius 2 is 2.06 bits per heavy atom. The normalized spacial score (nSPS) is 16.0. The molecule has 2 N–H and O–H groups in total. The number of ether oxygens (including phenoxy) is 1. The van der Waals surface area contributed by atoms with Crippen molar-refractivity contribution in [3.8, 4) is 0 Å². The highest BCUT2D eigenvalue weighted by Gasteiger charge is 2.17. The van der Waals surface area contributed by atoms with Crippen LogP contribution in [0.4, 0.5) is 10.1 Å². The van der Waals surface area contributed by atoms with E-state index in [1.807, 2.05) is 4.90 Å². The van der Waals surface area contributed by atoms with E-state index < -0.39 is 11.7 Å². The first kappa shape index (κ1) is 11.9. The second-order valence-electron chi connectivity index (χ2n) is 4.08. The van der Waals surface area contributed by atoms with Gasteiger partial charge in [0, 0.05) is 18.8 Å². The molecule has 0 saturated carbocycles. The molecule has 1 aliphatic heterocycles. The zero-order valence-corrected chi connectivity index (χ0v) is 9.70. The van der Waals surface area contributed by atoms with Crippen molar-refractivity contribution in [1.29, 1.82) is 0 Å². The maximum Gasteiger partial charge on any atom is 0.251 e. The van der Waals surface area contributed by atoms with Crippen LogP contribution in [-0.4, -0.2) is 32.2 Å². The summed E-state index contributed by atoms with van der Waals surface area (Å²) < 4.78 is 19.0. The Kier molecular flexibility index (Phi) is 3.28. The van der Waals surface area contributed by atoms with Crippen LogP contribution in [-0.2, 0) is 4.74 Å². The van der Waals surface area contributed by atoms with E-state index in [-0.39, 0.29) is 5.56 Å². The lowest BCUT2D eigenvalue weighted by atomic mass is 10.1. The maximum atomic E-state index is 13.8. The molecule has 2 rings (SSSR count). The Balaban J connectivity index is 2.34. The van der Waals surface area contributed by atoms with Crippen LogP contribution in [0.1, 0.15) is 15.9 Å². The van der Waals surface area contributed by atoms with E-state index in [1.165, 1.54) is 6.07 Å². The molecule has 1 aromatic rings. The molecule has 0 bridgehead atoms. The number of halogens is 1. The van der Waals surface area contributed by atoms with Gasteiger partial charge in [0.05, 0.1) is 18.8 Å². The van der Waals surface area contributed by atoms with Gasteiger partial charge >= 0.3 is 0 Å². The fourth-order valence-corrected chi connectivity index (χ4v) is 2.04. The molecule has 1 heterocycles. The molecule has 17 heavy (non-hydrogen) atoms. The van der Waals surface area contributed by atoms with Crippen LogP contribution in [0.2, 0.25) is 0 Å². The number of amides is 1. The highest BCUT2D eigenvalue weighted by molar-refractivity contribution is 5.95. The van der Waals surface area contributed by atoms with Gasteiger partial charge in [0.1, 0.15) is 5.82 Å². The topological polar surface area (TPSA) is 55.6 Å². The van der Waals surface area contributed by atoms with Crippen molar-refractivity contribution in [2.24, 2.45) is 5.73 Å². The van der Waals surface area contributed by atoms with Crippen molar-refractivity contribution >= 4 is 11.6 Å². The standard InChI is InChI=1S/C12H15FN2O2/c1-8-6-9(15-2-4-17-5-3-15)7-10(13)11(8)12(14)16/h6-7H,2-5H2,1H3,(H2,14,16). The molecule has 0 aliphatic carbocycles. The number of hydrogen-bond donors (Lipinski definition) is 1. The first-order valence-electron chi connectivity index (χ1n) is 5.52. The van der Waals surface area contributed by atoms with E-state index in [1.54, 1.807) is 13.0 Å². The average Bonchev–Trinajstić information content (AvgIpc) is 2.28. The Labute approximate surface area is 99.2 Å². The van der Waals surface area contributed by atoms with Crippen molar-refractivity contribution in [2.75, 3.05) is 31.2 Å². The van der Waals surface area contributed by atoms with Crippen LogP contribution in [0.15, 0.2) is 12.1 Å². The van der Waals surface area contributed by atoms with Crippen LogP contribution in [0.25, 0.3) is 0 Å². The Morgan fingerprint density at radius 3 is 2.59 bits per heavy atom. The lowest BCUT2D eigenvalue weighted by Crippen LogP contribution is -2.36. The zero-order valence-electron chi connectivity index (χ0n) is 9.70. The summed E-state index contributed by atoms with van der Waals surface area (Å²) in [6, 6.07) is 3.15. The monoisotopic (exact) mass is 238 g/mol. The van der Waals surface area contributed by atoms with Gasteiger partial charge in [0.25, 0.3) is 5.91 Å². The number of anilines is 1. The molecule has 0 spiro atoms. The number of primary amides is 1. The molecule has 0 unspecified atom stereocenters. The largest absolute Gasteiger partial charge is 0.378 e. The Morgan fingerprint density at radius 1 is 1.41 bits per heavy atom. The third-order valence-corrected chi connectivity index (χ3v) is 2.89. The number of rotatable bonds is 2. The highest BCUT2D eigenvalue weighted by atomic mass is 19.1. The van der Waals surface area contributed by atoms with Gasteiger partial charge < -0.3 is 15.4 Å². The molecular formula is C12H15FN2O2. The molecule has 5 heteroatoms. The van der Waals surface area contributed by atoms with Crippen LogP contribution >= 0.6 is 0 Å². The number of morpholine rings is 1. The van der Waals surface area contributed by atoms with Gasteiger partial charge in [-0.05, 0) is 24.6 Å². The summed E-state index contributed by atoms with van der Waals surface area (Å²) in [6.07, 6.45) is 0. The number of nitrogens with zero attached hydrogens (tertiary/aromatic N) is 1. The van der Waals surface area contributed by atoms with Crippen LogP contribution in [0.5, 0.6) is 0 Å². The fraction of sp³-hybridized carbons (Fsp3) is 0.417. The molecule has 0 aromatic heterocycles. The van der Waals surface area contributed by atoms with Crippen molar-refractivity contribution < 1.29 is 13.9 Å². The molecule has 0 radical (unpaired) electrons. The second-order valence-corrected chi connectivity index (χ2v) is 4.08. The number of carbonyl (C=O) groups excluding carboxylic acids is 1. The maximum absolute atomic E-state index is 13.8. The lowest BCUT2D eigenvalue weighted by Gasteiger charge is -2.29. The Hall–Kier alpha value is -1.62. The van der Waals surface area contributed by atoms with Gasteiger partial charge in [-0.15, -0.1) is 0 Å². The van der Waals surface area contributed by atoms with Crippen LogP contribution in [0, 0.1) is 12.7 Å². The molecule has 1 fully saturated rings. The number of carbonyl (C=O) groups is 1. The lowest BCUT2D eigenvalue weighted by molar-refractivity contribution is 0.0995. The SMILES string of the molecule is Cc1cc(N2CCOCC2)cc(F)c1C(N)=O. The molecule has 1 saturated heterocycles. The number of aryl methyl sites for hydroxylation is 1. The van der Waals surface area contributed by atoms with Gasteiger partial charge in [-0.2, -0.15) is 0 Å². The molecule has 1 aliphatic rings. The van der Waals surface area contributed by atoms with E-state index in [4.69, 9.17) is 10.5 Å². The summed E-state index contributed by atoms with van der Waals surface area (Å²) in [5, 5.41) is 0. The summed E-state index contributed by atoms with van der Waals surface area (Å²) in [7, 11) is 0.